The van der Waals surface area contributed by atoms with E-state index in [0.29, 0.717) is 11.5 Å². The van der Waals surface area contributed by atoms with Crippen LogP contribution in [0.5, 0.6) is 0 Å². The predicted molar refractivity (Wildman–Crippen MR) is 29.2 cm³/mol. The van der Waals surface area contributed by atoms with E-state index in [1.54, 1.807) is 6.92 Å². The van der Waals surface area contributed by atoms with E-state index in [0.717, 1.165) is 0 Å². The number of terminal acetylenes is 1. The van der Waals surface area contributed by atoms with Crippen molar-refractivity contribution in [2.24, 2.45) is 0 Å². The van der Waals surface area contributed by atoms with Crippen LogP contribution in [0.25, 0.3) is 0 Å². The monoisotopic (exact) mass is 107 g/mol. The molecule has 1 heterocycles. The Morgan fingerprint density at radius 2 is 2.62 bits per heavy atom. The number of aromatic nitrogens is 1. The van der Waals surface area contributed by atoms with E-state index >= 15 is 0 Å². The lowest BCUT2D eigenvalue weighted by molar-refractivity contribution is 0.526. The van der Waals surface area contributed by atoms with Gasteiger partial charge in [-0.3, -0.25) is 0 Å². The van der Waals surface area contributed by atoms with Crippen LogP contribution in [0.3, 0.4) is 0 Å². The summed E-state index contributed by atoms with van der Waals surface area (Å²) in [6.45, 7) is 1.78. The lowest BCUT2D eigenvalue weighted by Crippen LogP contribution is -1.72. The third-order valence-corrected chi connectivity index (χ3v) is 0.881. The van der Waals surface area contributed by atoms with Crippen molar-refractivity contribution in [2.45, 2.75) is 6.92 Å². The Kier molecular flexibility index (Phi) is 1.05. The summed E-state index contributed by atoms with van der Waals surface area (Å²) in [5.74, 6) is 3.07. The smallest absolute Gasteiger partial charge is 0.182 e. The second kappa shape index (κ2) is 1.71. The molecular weight excluding hydrogens is 102 g/mol. The fourth-order valence-corrected chi connectivity index (χ4v) is 0.444. The average Bonchev–Trinajstić information content (AvgIpc) is 2.14. The first kappa shape index (κ1) is 4.92. The van der Waals surface area contributed by atoms with Gasteiger partial charge in [0.1, 0.15) is 5.76 Å². The third kappa shape index (κ3) is 0.584. The second-order valence-electron chi connectivity index (χ2n) is 1.40. The minimum atomic E-state index is 0.588. The Hall–Kier alpha value is -1.23. The molecule has 0 saturated carbocycles. The zero-order valence-corrected chi connectivity index (χ0v) is 4.51. The summed E-state index contributed by atoms with van der Waals surface area (Å²) in [4.78, 5) is 3.73. The summed E-state index contributed by atoms with van der Waals surface area (Å²) in [5, 5.41) is 0. The van der Waals surface area contributed by atoms with E-state index in [9.17, 15) is 0 Å². The van der Waals surface area contributed by atoms with E-state index in [4.69, 9.17) is 10.8 Å². The first-order valence-corrected chi connectivity index (χ1v) is 2.21. The molecule has 0 saturated heterocycles. The van der Waals surface area contributed by atoms with Crippen molar-refractivity contribution < 1.29 is 4.42 Å². The van der Waals surface area contributed by atoms with Crippen molar-refractivity contribution in [1.29, 1.82) is 0 Å². The van der Waals surface area contributed by atoms with Crippen LogP contribution in [0.15, 0.2) is 10.8 Å². The van der Waals surface area contributed by atoms with Crippen molar-refractivity contribution >= 4 is 0 Å². The maximum atomic E-state index is 5.02. The number of oxazole rings is 1. The molecule has 40 valence electrons. The van der Waals surface area contributed by atoms with Gasteiger partial charge in [0.2, 0.25) is 0 Å². The molecule has 2 nitrogen and oxygen atoms in total. The highest BCUT2D eigenvalue weighted by Crippen LogP contribution is 2.00. The topological polar surface area (TPSA) is 26.0 Å². The molecule has 2 heteroatoms. The summed E-state index contributed by atoms with van der Waals surface area (Å²) in [6.07, 6.45) is 6.36. The molecule has 0 amide bonds. The molecular formula is C6H5NO. The van der Waals surface area contributed by atoms with Gasteiger partial charge in [-0.25, -0.2) is 4.98 Å². The summed E-state index contributed by atoms with van der Waals surface area (Å²) < 4.78 is 4.80. The van der Waals surface area contributed by atoms with Crippen LogP contribution < -0.4 is 0 Å². The van der Waals surface area contributed by atoms with Crippen molar-refractivity contribution in [3.05, 3.63) is 17.8 Å². The number of hydrogen-bond acceptors (Lipinski definition) is 2. The minimum Gasteiger partial charge on any atom is -0.447 e. The van der Waals surface area contributed by atoms with Crippen molar-refractivity contribution in [3.63, 3.8) is 0 Å². The Labute approximate surface area is 47.5 Å². The van der Waals surface area contributed by atoms with Crippen LogP contribution in [-0.4, -0.2) is 4.98 Å². The van der Waals surface area contributed by atoms with Gasteiger partial charge in [0.25, 0.3) is 0 Å². The predicted octanol–water partition coefficient (Wildman–Crippen LogP) is 0.964. The highest BCUT2D eigenvalue weighted by molar-refractivity contribution is 5.25. The van der Waals surface area contributed by atoms with Crippen LogP contribution in [-0.2, 0) is 0 Å². The maximum absolute atomic E-state index is 5.02. The molecule has 1 aromatic rings. The van der Waals surface area contributed by atoms with E-state index in [1.165, 1.54) is 6.39 Å². The van der Waals surface area contributed by atoms with Crippen molar-refractivity contribution in [3.8, 4) is 12.3 Å². The zero-order chi connectivity index (χ0) is 5.98. The van der Waals surface area contributed by atoms with E-state index in [1.807, 2.05) is 0 Å². The SMILES string of the molecule is C#Cc1ncoc1C. The van der Waals surface area contributed by atoms with Gasteiger partial charge in [0.15, 0.2) is 12.1 Å². The van der Waals surface area contributed by atoms with Crippen LogP contribution in [0.1, 0.15) is 11.5 Å². The standard InChI is InChI=1S/C6H5NO/c1-3-6-5(2)8-4-7-6/h1,4H,2H3. The zero-order valence-electron chi connectivity index (χ0n) is 4.51. The first-order valence-electron chi connectivity index (χ1n) is 2.21. The molecule has 8 heavy (non-hydrogen) atoms. The van der Waals surface area contributed by atoms with E-state index in [-0.39, 0.29) is 0 Å². The minimum absolute atomic E-state index is 0.588. The van der Waals surface area contributed by atoms with Gasteiger partial charge < -0.3 is 4.42 Å². The first-order chi connectivity index (χ1) is 3.84. The Morgan fingerprint density at radius 1 is 1.88 bits per heavy atom. The van der Waals surface area contributed by atoms with E-state index in [2.05, 4.69) is 10.9 Å². The van der Waals surface area contributed by atoms with E-state index < -0.39 is 0 Å². The fourth-order valence-electron chi connectivity index (χ4n) is 0.444. The lowest BCUT2D eigenvalue weighted by Gasteiger charge is -1.76. The fraction of sp³-hybridized carbons (Fsp3) is 0.167. The largest absolute Gasteiger partial charge is 0.447 e. The highest BCUT2D eigenvalue weighted by atomic mass is 16.3. The number of rotatable bonds is 0. The molecule has 0 N–H and O–H groups in total. The molecule has 0 radical (unpaired) electrons. The average molecular weight is 107 g/mol. The quantitative estimate of drug-likeness (QED) is 0.461. The summed E-state index contributed by atoms with van der Waals surface area (Å²) >= 11 is 0. The van der Waals surface area contributed by atoms with Crippen LogP contribution in [0.2, 0.25) is 0 Å². The molecule has 1 aromatic heterocycles. The summed E-state index contributed by atoms with van der Waals surface area (Å²) in [6, 6.07) is 0. The van der Waals surface area contributed by atoms with Gasteiger partial charge >= 0.3 is 0 Å². The van der Waals surface area contributed by atoms with Crippen molar-refractivity contribution in [2.75, 3.05) is 0 Å². The van der Waals surface area contributed by atoms with Crippen LogP contribution in [0.4, 0.5) is 0 Å². The van der Waals surface area contributed by atoms with Gasteiger partial charge in [0.05, 0.1) is 0 Å². The van der Waals surface area contributed by atoms with Gasteiger partial charge in [0, 0.05) is 0 Å². The number of hydrogen-bond donors (Lipinski definition) is 0. The summed E-state index contributed by atoms with van der Waals surface area (Å²) in [5.41, 5.74) is 0.588. The van der Waals surface area contributed by atoms with Gasteiger partial charge in [-0.2, -0.15) is 0 Å². The molecule has 0 bridgehead atoms. The molecule has 0 aliphatic rings. The Balaban J connectivity index is 3.15. The van der Waals surface area contributed by atoms with Crippen LogP contribution in [0, 0.1) is 19.3 Å². The van der Waals surface area contributed by atoms with Gasteiger partial charge in [-0.05, 0) is 12.8 Å². The molecule has 0 aromatic carbocycles. The molecule has 0 unspecified atom stereocenters. The van der Waals surface area contributed by atoms with Gasteiger partial charge in [-0.15, -0.1) is 6.42 Å². The third-order valence-electron chi connectivity index (χ3n) is 0.881. The molecule has 0 atom stereocenters. The number of aryl methyl sites for hydroxylation is 1. The molecule has 0 spiro atoms. The normalized spacial score (nSPS) is 8.50. The Bertz CT molecular complexity index is 219. The molecule has 0 aliphatic carbocycles. The van der Waals surface area contributed by atoms with Gasteiger partial charge in [-0.1, -0.05) is 0 Å². The van der Waals surface area contributed by atoms with Crippen LogP contribution >= 0.6 is 0 Å². The Morgan fingerprint density at radius 3 is 2.88 bits per heavy atom. The van der Waals surface area contributed by atoms with Crippen molar-refractivity contribution in [1.82, 2.24) is 4.98 Å². The maximum Gasteiger partial charge on any atom is 0.182 e. The second-order valence-corrected chi connectivity index (χ2v) is 1.40. The number of nitrogens with zero attached hydrogens (tertiary/aromatic N) is 1. The summed E-state index contributed by atoms with van der Waals surface area (Å²) in [7, 11) is 0. The lowest BCUT2D eigenvalue weighted by atomic mass is 10.4. The highest BCUT2D eigenvalue weighted by Gasteiger charge is 1.94. The molecule has 0 aliphatic heterocycles. The molecule has 1 rings (SSSR count). The molecule has 0 fully saturated rings.